The van der Waals surface area contributed by atoms with Crippen LogP contribution in [0.25, 0.3) is 0 Å². The van der Waals surface area contributed by atoms with E-state index in [1.165, 1.54) is 19.2 Å². The van der Waals surface area contributed by atoms with E-state index in [1.54, 1.807) is 0 Å². The van der Waals surface area contributed by atoms with E-state index in [0.717, 1.165) is 28.6 Å². The Bertz CT molecular complexity index is 780. The van der Waals surface area contributed by atoms with Crippen molar-refractivity contribution in [3.63, 3.8) is 0 Å². The molecule has 0 spiro atoms. The van der Waals surface area contributed by atoms with Crippen molar-refractivity contribution >= 4 is 37.3 Å². The van der Waals surface area contributed by atoms with Crippen molar-refractivity contribution in [2.24, 2.45) is 0 Å². The summed E-state index contributed by atoms with van der Waals surface area (Å²) in [7, 11) is -2.68. The van der Waals surface area contributed by atoms with E-state index >= 15 is 0 Å². The van der Waals surface area contributed by atoms with Gasteiger partial charge >= 0.3 is 0 Å². The number of nitrogens with zero attached hydrogens (tertiary/aromatic N) is 1. The Labute approximate surface area is 129 Å². The van der Waals surface area contributed by atoms with Gasteiger partial charge in [-0.05, 0) is 52.3 Å². The first-order chi connectivity index (χ1) is 9.73. The molecule has 4 nitrogen and oxygen atoms in total. The number of nitrogens with two attached hydrogens (primary N) is 1. The van der Waals surface area contributed by atoms with Crippen LogP contribution in [-0.2, 0) is 10.0 Å². The number of hydrogen-bond donors (Lipinski definition) is 1. The quantitative estimate of drug-likeness (QED) is 0.836. The molecule has 21 heavy (non-hydrogen) atoms. The predicted molar refractivity (Wildman–Crippen MR) is 80.5 cm³/mol. The van der Waals surface area contributed by atoms with E-state index in [1.807, 2.05) is 0 Å². The van der Waals surface area contributed by atoms with Crippen molar-refractivity contribution in [1.29, 1.82) is 0 Å². The molecule has 0 saturated carbocycles. The molecule has 112 valence electrons. The average Bonchev–Trinajstić information content (AvgIpc) is 2.42. The van der Waals surface area contributed by atoms with Gasteiger partial charge in [0, 0.05) is 7.05 Å². The van der Waals surface area contributed by atoms with Crippen molar-refractivity contribution in [2.45, 2.75) is 4.90 Å². The minimum atomic E-state index is -3.99. The molecule has 0 saturated heterocycles. The van der Waals surface area contributed by atoms with Crippen LogP contribution in [0, 0.1) is 11.6 Å². The summed E-state index contributed by atoms with van der Waals surface area (Å²) >= 11 is 2.92. The first kappa shape index (κ1) is 15.7. The fourth-order valence-corrected chi connectivity index (χ4v) is 3.52. The normalized spacial score (nSPS) is 11.4. The predicted octanol–water partition coefficient (Wildman–Crippen LogP) is 3.13. The molecule has 8 heteroatoms. The molecule has 0 aliphatic carbocycles. The zero-order valence-electron chi connectivity index (χ0n) is 10.8. The lowest BCUT2D eigenvalue weighted by molar-refractivity contribution is 0.593. The van der Waals surface area contributed by atoms with Crippen LogP contribution in [-0.4, -0.2) is 15.5 Å². The molecule has 0 radical (unpaired) electrons. The second kappa shape index (κ2) is 5.61. The van der Waals surface area contributed by atoms with Crippen molar-refractivity contribution in [1.82, 2.24) is 0 Å². The molecule has 0 aliphatic heterocycles. The van der Waals surface area contributed by atoms with Crippen LogP contribution in [0.5, 0.6) is 0 Å². The number of hydrogen-bond acceptors (Lipinski definition) is 3. The summed E-state index contributed by atoms with van der Waals surface area (Å²) in [5.41, 5.74) is 5.65. The standard InChI is InChI=1S/C13H11BrF2N2O2S/c1-18(9-4-2-8(15)3-5-9)21(19,20)13-6-10(14)11(16)7-12(13)17/h2-7H,17H2,1H3. The van der Waals surface area contributed by atoms with E-state index in [2.05, 4.69) is 15.9 Å². The maximum atomic E-state index is 13.3. The van der Waals surface area contributed by atoms with Gasteiger partial charge in [0.1, 0.15) is 16.5 Å². The van der Waals surface area contributed by atoms with Gasteiger partial charge in [-0.15, -0.1) is 0 Å². The van der Waals surface area contributed by atoms with Crippen molar-refractivity contribution in [3.8, 4) is 0 Å². The molecular weight excluding hydrogens is 366 g/mol. The third-order valence-electron chi connectivity index (χ3n) is 2.88. The van der Waals surface area contributed by atoms with Crippen LogP contribution in [0.2, 0.25) is 0 Å². The molecule has 0 aromatic heterocycles. The first-order valence-corrected chi connectivity index (χ1v) is 7.96. The molecule has 0 unspecified atom stereocenters. The Kier molecular flexibility index (Phi) is 4.20. The minimum absolute atomic E-state index is 0.0113. The zero-order chi connectivity index (χ0) is 15.8. The zero-order valence-corrected chi connectivity index (χ0v) is 13.2. The summed E-state index contributed by atoms with van der Waals surface area (Å²) in [6.07, 6.45) is 0. The van der Waals surface area contributed by atoms with E-state index in [0.29, 0.717) is 0 Å². The molecular formula is C13H11BrF2N2O2S. The molecule has 2 N–H and O–H groups in total. The van der Waals surface area contributed by atoms with Crippen LogP contribution < -0.4 is 10.0 Å². The smallest absolute Gasteiger partial charge is 0.266 e. The Morgan fingerprint density at radius 2 is 1.71 bits per heavy atom. The highest BCUT2D eigenvalue weighted by Crippen LogP contribution is 2.30. The summed E-state index contributed by atoms with van der Waals surface area (Å²) in [4.78, 5) is -0.234. The monoisotopic (exact) mass is 376 g/mol. The highest BCUT2D eigenvalue weighted by Gasteiger charge is 2.25. The highest BCUT2D eigenvalue weighted by molar-refractivity contribution is 9.10. The summed E-state index contributed by atoms with van der Waals surface area (Å²) in [6, 6.07) is 6.95. The Morgan fingerprint density at radius 3 is 2.29 bits per heavy atom. The van der Waals surface area contributed by atoms with Gasteiger partial charge in [-0.3, -0.25) is 4.31 Å². The number of sulfonamides is 1. The van der Waals surface area contributed by atoms with Crippen molar-refractivity contribution in [3.05, 3.63) is 52.5 Å². The lowest BCUT2D eigenvalue weighted by Crippen LogP contribution is -2.27. The third-order valence-corrected chi connectivity index (χ3v) is 5.33. The van der Waals surface area contributed by atoms with Gasteiger partial charge in [-0.1, -0.05) is 0 Å². The number of benzene rings is 2. The lowest BCUT2D eigenvalue weighted by atomic mass is 10.3. The van der Waals surface area contributed by atoms with Gasteiger partial charge in [0.05, 0.1) is 15.8 Å². The molecule has 0 atom stereocenters. The van der Waals surface area contributed by atoms with Gasteiger partial charge in [0.2, 0.25) is 0 Å². The maximum Gasteiger partial charge on any atom is 0.266 e. The topological polar surface area (TPSA) is 63.4 Å². The number of halogens is 3. The van der Waals surface area contributed by atoms with Gasteiger partial charge in [-0.25, -0.2) is 17.2 Å². The van der Waals surface area contributed by atoms with E-state index in [-0.39, 0.29) is 20.7 Å². The maximum absolute atomic E-state index is 13.3. The molecule has 2 rings (SSSR count). The molecule has 0 aliphatic rings. The Morgan fingerprint density at radius 1 is 1.14 bits per heavy atom. The number of anilines is 2. The molecule has 0 bridgehead atoms. The van der Waals surface area contributed by atoms with Crippen LogP contribution in [0.15, 0.2) is 45.8 Å². The largest absolute Gasteiger partial charge is 0.398 e. The van der Waals surface area contributed by atoms with Crippen molar-refractivity contribution in [2.75, 3.05) is 17.1 Å². The van der Waals surface area contributed by atoms with Gasteiger partial charge in [-0.2, -0.15) is 0 Å². The summed E-state index contributed by atoms with van der Waals surface area (Å²) < 4.78 is 52.2. The van der Waals surface area contributed by atoms with Crippen LogP contribution in [0.4, 0.5) is 20.2 Å². The second-order valence-corrected chi connectivity index (χ2v) is 7.05. The molecule has 0 heterocycles. The lowest BCUT2D eigenvalue weighted by Gasteiger charge is -2.20. The van der Waals surface area contributed by atoms with Gasteiger partial charge < -0.3 is 5.73 Å². The minimum Gasteiger partial charge on any atom is -0.398 e. The summed E-state index contributed by atoms with van der Waals surface area (Å²) in [5.74, 6) is -1.13. The first-order valence-electron chi connectivity index (χ1n) is 5.72. The van der Waals surface area contributed by atoms with E-state index < -0.39 is 21.7 Å². The number of rotatable bonds is 3. The molecule has 0 fully saturated rings. The van der Waals surface area contributed by atoms with Crippen LogP contribution in [0.1, 0.15) is 0 Å². The molecule has 2 aromatic carbocycles. The molecule has 0 amide bonds. The van der Waals surface area contributed by atoms with Crippen LogP contribution in [0.3, 0.4) is 0 Å². The fourth-order valence-electron chi connectivity index (χ4n) is 1.70. The number of nitrogen functional groups attached to an aromatic ring is 1. The van der Waals surface area contributed by atoms with Crippen LogP contribution >= 0.6 is 15.9 Å². The van der Waals surface area contributed by atoms with Crippen molar-refractivity contribution < 1.29 is 17.2 Å². The average molecular weight is 377 g/mol. The van der Waals surface area contributed by atoms with Gasteiger partial charge in [0.25, 0.3) is 10.0 Å². The second-order valence-electron chi connectivity index (χ2n) is 4.25. The Balaban J connectivity index is 2.51. The third kappa shape index (κ3) is 3.01. The van der Waals surface area contributed by atoms with E-state index in [4.69, 9.17) is 5.73 Å². The van der Waals surface area contributed by atoms with E-state index in [9.17, 15) is 17.2 Å². The highest BCUT2D eigenvalue weighted by atomic mass is 79.9. The molecule has 2 aromatic rings. The summed E-state index contributed by atoms with van der Waals surface area (Å²) in [5, 5.41) is 0. The SMILES string of the molecule is CN(c1ccc(F)cc1)S(=O)(=O)c1cc(Br)c(F)cc1N. The van der Waals surface area contributed by atoms with Gasteiger partial charge in [0.15, 0.2) is 0 Å². The summed E-state index contributed by atoms with van der Waals surface area (Å²) in [6.45, 7) is 0. The fraction of sp³-hybridized carbons (Fsp3) is 0.0769. The Hall–Kier alpha value is -1.67.